The van der Waals surface area contributed by atoms with Gasteiger partial charge in [0.15, 0.2) is 0 Å². The lowest BCUT2D eigenvalue weighted by molar-refractivity contribution is -0.131. The molecule has 0 bridgehead atoms. The van der Waals surface area contributed by atoms with E-state index in [1.165, 1.54) is 11.8 Å². The molecule has 4 aromatic rings. The van der Waals surface area contributed by atoms with E-state index in [-0.39, 0.29) is 11.9 Å². The van der Waals surface area contributed by atoms with E-state index in [4.69, 9.17) is 0 Å². The molecule has 32 heavy (non-hydrogen) atoms. The molecule has 1 saturated heterocycles. The number of hydrogen-bond acceptors (Lipinski definition) is 6. The standard InChI is InChI=1S/C23H27N7OS/c1-14-18(15(2)30-22(24-14)26-23(27-30)32-4)12-21(31)28-11-7-8-17(28)13-29-16(3)25-19-9-5-6-10-20(19)29/h5-6,9-10,17H,7-8,11-13H2,1-4H3. The summed E-state index contributed by atoms with van der Waals surface area (Å²) in [6, 6.07) is 8.37. The highest BCUT2D eigenvalue weighted by molar-refractivity contribution is 7.98. The molecule has 1 aliphatic rings. The molecular formula is C23H27N7OS. The molecule has 1 aliphatic heterocycles. The van der Waals surface area contributed by atoms with Crippen LogP contribution in [0.5, 0.6) is 0 Å². The number of aryl methyl sites for hydroxylation is 3. The number of imidazole rings is 1. The van der Waals surface area contributed by atoms with Crippen LogP contribution >= 0.6 is 11.8 Å². The first-order valence-corrected chi connectivity index (χ1v) is 12.2. The second-order valence-electron chi connectivity index (χ2n) is 8.39. The molecule has 4 heterocycles. The average Bonchev–Trinajstić information content (AvgIpc) is 3.49. The third kappa shape index (κ3) is 3.54. The average molecular weight is 450 g/mol. The Kier molecular flexibility index (Phi) is 5.36. The fraction of sp³-hybridized carbons (Fsp3) is 0.435. The maximum Gasteiger partial charge on any atom is 0.253 e. The number of nitrogens with zero attached hydrogens (tertiary/aromatic N) is 7. The Morgan fingerprint density at radius 2 is 1.97 bits per heavy atom. The number of para-hydroxylation sites is 2. The lowest BCUT2D eigenvalue weighted by Crippen LogP contribution is -2.39. The predicted octanol–water partition coefficient (Wildman–Crippen LogP) is 3.35. The smallest absolute Gasteiger partial charge is 0.253 e. The first-order valence-electron chi connectivity index (χ1n) is 10.9. The van der Waals surface area contributed by atoms with E-state index in [9.17, 15) is 4.79 Å². The van der Waals surface area contributed by atoms with Crippen LogP contribution in [0.25, 0.3) is 16.8 Å². The van der Waals surface area contributed by atoms with Gasteiger partial charge in [-0.05, 0) is 52.0 Å². The van der Waals surface area contributed by atoms with Gasteiger partial charge in [0.25, 0.3) is 5.78 Å². The molecule has 3 aromatic heterocycles. The molecule has 1 amide bonds. The molecule has 0 aliphatic carbocycles. The lowest BCUT2D eigenvalue weighted by Gasteiger charge is -2.26. The molecule has 1 fully saturated rings. The number of rotatable bonds is 5. The van der Waals surface area contributed by atoms with Gasteiger partial charge in [-0.15, -0.1) is 5.10 Å². The summed E-state index contributed by atoms with van der Waals surface area (Å²) in [7, 11) is 0. The quantitative estimate of drug-likeness (QED) is 0.435. The van der Waals surface area contributed by atoms with Crippen molar-refractivity contribution >= 4 is 34.5 Å². The third-order valence-corrected chi connectivity index (χ3v) is 7.01. The van der Waals surface area contributed by atoms with Crippen LogP contribution in [0, 0.1) is 20.8 Å². The summed E-state index contributed by atoms with van der Waals surface area (Å²) in [5.41, 5.74) is 4.84. The number of amides is 1. The van der Waals surface area contributed by atoms with Crippen LogP contribution in [-0.2, 0) is 17.8 Å². The highest BCUT2D eigenvalue weighted by atomic mass is 32.2. The molecule has 166 valence electrons. The minimum atomic E-state index is 0.145. The Morgan fingerprint density at radius 1 is 1.16 bits per heavy atom. The van der Waals surface area contributed by atoms with E-state index < -0.39 is 0 Å². The van der Waals surface area contributed by atoms with Crippen molar-refractivity contribution in [2.45, 2.75) is 57.8 Å². The van der Waals surface area contributed by atoms with Gasteiger partial charge >= 0.3 is 0 Å². The van der Waals surface area contributed by atoms with Gasteiger partial charge in [-0.25, -0.2) is 14.5 Å². The van der Waals surface area contributed by atoms with Crippen LogP contribution in [-0.4, -0.2) is 58.8 Å². The summed E-state index contributed by atoms with van der Waals surface area (Å²) in [4.78, 5) is 29.2. The number of benzene rings is 1. The highest BCUT2D eigenvalue weighted by Crippen LogP contribution is 2.25. The van der Waals surface area contributed by atoms with Gasteiger partial charge < -0.3 is 9.47 Å². The molecule has 1 aromatic carbocycles. The molecule has 8 nitrogen and oxygen atoms in total. The fourth-order valence-electron chi connectivity index (χ4n) is 4.78. The van der Waals surface area contributed by atoms with Crippen LogP contribution in [0.1, 0.15) is 35.6 Å². The summed E-state index contributed by atoms with van der Waals surface area (Å²) >= 11 is 1.49. The van der Waals surface area contributed by atoms with Crippen molar-refractivity contribution in [3.8, 4) is 0 Å². The Morgan fingerprint density at radius 3 is 2.78 bits per heavy atom. The van der Waals surface area contributed by atoms with Gasteiger partial charge in [-0.1, -0.05) is 23.9 Å². The molecule has 0 spiro atoms. The van der Waals surface area contributed by atoms with E-state index in [0.29, 0.717) is 17.4 Å². The Labute approximate surface area is 191 Å². The molecular weight excluding hydrogens is 422 g/mol. The van der Waals surface area contributed by atoms with Crippen LogP contribution in [0.15, 0.2) is 29.4 Å². The number of fused-ring (bicyclic) bond motifs is 2. The molecule has 1 unspecified atom stereocenters. The second kappa shape index (κ2) is 8.20. The Bertz CT molecular complexity index is 1330. The first kappa shape index (κ1) is 20.9. The minimum absolute atomic E-state index is 0.145. The summed E-state index contributed by atoms with van der Waals surface area (Å²) in [6.45, 7) is 7.54. The SMILES string of the molecule is CSc1nc2nc(C)c(CC(=O)N3CCCC3Cn3c(C)nc4ccccc43)c(C)n2n1. The first-order chi connectivity index (χ1) is 15.5. The summed E-state index contributed by atoms with van der Waals surface area (Å²) in [5, 5.41) is 5.20. The highest BCUT2D eigenvalue weighted by Gasteiger charge is 2.30. The lowest BCUT2D eigenvalue weighted by atomic mass is 10.1. The van der Waals surface area contributed by atoms with Crippen LogP contribution < -0.4 is 0 Å². The monoisotopic (exact) mass is 449 g/mol. The Hall–Kier alpha value is -2.94. The van der Waals surface area contributed by atoms with E-state index in [1.807, 2.05) is 50.1 Å². The normalized spacial score (nSPS) is 16.5. The van der Waals surface area contributed by atoms with Crippen LogP contribution in [0.2, 0.25) is 0 Å². The predicted molar refractivity (Wildman–Crippen MR) is 125 cm³/mol. The third-order valence-electron chi connectivity index (χ3n) is 6.48. The molecule has 0 radical (unpaired) electrons. The topological polar surface area (TPSA) is 81.2 Å². The number of aromatic nitrogens is 6. The molecule has 1 atom stereocenters. The van der Waals surface area contributed by atoms with Crippen LogP contribution in [0.4, 0.5) is 0 Å². The molecule has 0 N–H and O–H groups in total. The maximum atomic E-state index is 13.4. The zero-order chi connectivity index (χ0) is 22.4. The summed E-state index contributed by atoms with van der Waals surface area (Å²) in [6.07, 6.45) is 4.31. The van der Waals surface area contributed by atoms with E-state index in [1.54, 1.807) is 4.52 Å². The van der Waals surface area contributed by atoms with Crippen molar-refractivity contribution in [3.05, 3.63) is 47.0 Å². The van der Waals surface area contributed by atoms with Gasteiger partial charge in [0.1, 0.15) is 5.82 Å². The van der Waals surface area contributed by atoms with Crippen molar-refractivity contribution in [3.63, 3.8) is 0 Å². The van der Waals surface area contributed by atoms with Gasteiger partial charge in [0.2, 0.25) is 11.1 Å². The van der Waals surface area contributed by atoms with E-state index in [2.05, 4.69) is 30.7 Å². The minimum Gasteiger partial charge on any atom is -0.338 e. The summed E-state index contributed by atoms with van der Waals surface area (Å²) < 4.78 is 4.00. The van der Waals surface area contributed by atoms with Crippen molar-refractivity contribution in [1.29, 1.82) is 0 Å². The van der Waals surface area contributed by atoms with Crippen molar-refractivity contribution in [2.24, 2.45) is 0 Å². The van der Waals surface area contributed by atoms with Crippen molar-refractivity contribution in [1.82, 2.24) is 34.0 Å². The van der Waals surface area contributed by atoms with E-state index >= 15 is 0 Å². The fourth-order valence-corrected chi connectivity index (χ4v) is 5.11. The maximum absolute atomic E-state index is 13.4. The second-order valence-corrected chi connectivity index (χ2v) is 9.16. The molecule has 0 saturated carbocycles. The number of thioether (sulfide) groups is 1. The zero-order valence-electron chi connectivity index (χ0n) is 18.9. The molecule has 9 heteroatoms. The summed E-state index contributed by atoms with van der Waals surface area (Å²) in [5.74, 6) is 1.72. The van der Waals surface area contributed by atoms with E-state index in [0.717, 1.165) is 59.7 Å². The van der Waals surface area contributed by atoms with Gasteiger partial charge in [-0.2, -0.15) is 4.98 Å². The van der Waals surface area contributed by atoms with Gasteiger partial charge in [0.05, 0.1) is 17.5 Å². The van der Waals surface area contributed by atoms with Crippen LogP contribution in [0.3, 0.4) is 0 Å². The number of carbonyl (C=O) groups is 1. The van der Waals surface area contributed by atoms with Gasteiger partial charge in [0, 0.05) is 36.1 Å². The van der Waals surface area contributed by atoms with Crippen molar-refractivity contribution in [2.75, 3.05) is 12.8 Å². The van der Waals surface area contributed by atoms with Crippen molar-refractivity contribution < 1.29 is 4.79 Å². The largest absolute Gasteiger partial charge is 0.338 e. The number of carbonyl (C=O) groups excluding carboxylic acids is 1. The molecule has 5 rings (SSSR count). The van der Waals surface area contributed by atoms with Gasteiger partial charge in [-0.3, -0.25) is 4.79 Å². The number of likely N-dealkylation sites (tertiary alicyclic amines) is 1. The number of hydrogen-bond donors (Lipinski definition) is 0. The zero-order valence-corrected chi connectivity index (χ0v) is 19.7. The Balaban J connectivity index is 1.40.